The van der Waals surface area contributed by atoms with Crippen molar-refractivity contribution in [3.05, 3.63) is 145 Å². The van der Waals surface area contributed by atoms with Crippen LogP contribution in [-0.2, 0) is 50.9 Å². The Labute approximate surface area is 286 Å². The molecule has 0 unspecified atom stereocenters. The van der Waals surface area contributed by atoms with Gasteiger partial charge in [-0.2, -0.15) is 0 Å². The fourth-order valence-electron chi connectivity index (χ4n) is 6.89. The van der Waals surface area contributed by atoms with Crippen LogP contribution in [-0.4, -0.2) is 3.21 Å². The average molecular weight is 736 g/mol. The van der Waals surface area contributed by atoms with E-state index in [0.29, 0.717) is 27.2 Å². The molecular weight excluding hydrogens is 698 g/mol. The van der Waals surface area contributed by atoms with Gasteiger partial charge in [-0.1, -0.05) is 0 Å². The van der Waals surface area contributed by atoms with E-state index in [1.54, 1.807) is 12.1 Å². The fraction of sp³-hybridized carbons (Fsp3) is 0.293. The summed E-state index contributed by atoms with van der Waals surface area (Å²) >= 11 is -3.63. The molecule has 0 nitrogen and oxygen atoms in total. The molecule has 0 atom stereocenters. The van der Waals surface area contributed by atoms with Crippen molar-refractivity contribution in [1.29, 1.82) is 0 Å². The molecular formula is C41H38F6Zr. The molecule has 0 aliphatic heterocycles. The molecule has 0 bridgehead atoms. The maximum atomic E-state index is 14.2. The molecule has 48 heavy (non-hydrogen) atoms. The molecule has 0 N–H and O–H groups in total. The number of alkyl halides is 6. The average Bonchev–Trinajstić information content (AvgIpc) is 3.66. The van der Waals surface area contributed by atoms with Gasteiger partial charge in [0, 0.05) is 0 Å². The number of halogens is 6. The van der Waals surface area contributed by atoms with E-state index in [4.69, 9.17) is 0 Å². The van der Waals surface area contributed by atoms with E-state index < -0.39 is 44.7 Å². The van der Waals surface area contributed by atoms with E-state index in [-0.39, 0.29) is 10.8 Å². The van der Waals surface area contributed by atoms with Crippen molar-refractivity contribution >= 4 is 6.48 Å². The Bertz CT molecular complexity index is 1950. The maximum absolute atomic E-state index is 14.2. The summed E-state index contributed by atoms with van der Waals surface area (Å²) in [5, 5.41) is 0. The van der Waals surface area contributed by atoms with Crippen molar-refractivity contribution in [3.8, 4) is 11.1 Å². The van der Waals surface area contributed by atoms with Crippen LogP contribution in [0.25, 0.3) is 11.1 Å². The van der Waals surface area contributed by atoms with Crippen molar-refractivity contribution in [2.24, 2.45) is 0 Å². The van der Waals surface area contributed by atoms with Crippen LogP contribution >= 0.6 is 0 Å². The first kappa shape index (κ1) is 34.6. The Morgan fingerprint density at radius 3 is 1.71 bits per heavy atom. The van der Waals surface area contributed by atoms with Crippen molar-refractivity contribution < 1.29 is 47.6 Å². The monoisotopic (exact) mass is 734 g/mol. The van der Waals surface area contributed by atoms with Gasteiger partial charge in [0.25, 0.3) is 0 Å². The van der Waals surface area contributed by atoms with Crippen LogP contribution in [0, 0.1) is 0 Å². The molecule has 0 aromatic heterocycles. The molecule has 248 valence electrons. The molecule has 4 aromatic carbocycles. The van der Waals surface area contributed by atoms with Gasteiger partial charge in [0.2, 0.25) is 0 Å². The summed E-state index contributed by atoms with van der Waals surface area (Å²) in [6.45, 7) is 12.9. The predicted octanol–water partition coefficient (Wildman–Crippen LogP) is 11.2. The van der Waals surface area contributed by atoms with Crippen molar-refractivity contribution in [1.82, 2.24) is 0 Å². The summed E-state index contributed by atoms with van der Waals surface area (Å²) in [5.74, 6) is 0. The van der Waals surface area contributed by atoms with E-state index in [0.717, 1.165) is 53.1 Å². The summed E-state index contributed by atoms with van der Waals surface area (Å²) < 4.78 is 88.0. The van der Waals surface area contributed by atoms with Crippen LogP contribution in [0.1, 0.15) is 92.5 Å². The van der Waals surface area contributed by atoms with Crippen molar-refractivity contribution in [3.63, 3.8) is 0 Å². The Balaban J connectivity index is 1.76. The second kappa shape index (κ2) is 12.2. The third-order valence-corrected chi connectivity index (χ3v) is 17.1. The standard InChI is InChI=1S/C21H25.C15H8F6.C5H5.Zr/c1-20(2,3)16-7-9-18-14(12-16)11-15-13-17(21(4,5)6)8-10-19(15)18;16-14(17,18)12-5-1-3-10(8-12)7-11-4-2-6-13(9-11)15(19,20)21;1-2-4-5-3-1;/h7-10,12H,11H2,1-6H3;1-6,8-9H;1-3H,4H2;. The second-order valence-electron chi connectivity index (χ2n) is 14.8. The summed E-state index contributed by atoms with van der Waals surface area (Å²) in [6, 6.07) is 21.2. The minimum atomic E-state index is -4.61. The zero-order valence-corrected chi connectivity index (χ0v) is 30.4. The quantitative estimate of drug-likeness (QED) is 0.161. The van der Waals surface area contributed by atoms with Crippen LogP contribution in [0.15, 0.2) is 100 Å². The zero-order valence-electron chi connectivity index (χ0n) is 27.9. The van der Waals surface area contributed by atoms with Crippen molar-refractivity contribution in [2.75, 3.05) is 0 Å². The topological polar surface area (TPSA) is 0 Å². The van der Waals surface area contributed by atoms with Gasteiger partial charge in [-0.05, 0) is 0 Å². The van der Waals surface area contributed by atoms with Crippen LogP contribution in [0.5, 0.6) is 0 Å². The molecule has 0 saturated carbocycles. The first-order valence-corrected chi connectivity index (χ1v) is 19.8. The van der Waals surface area contributed by atoms with E-state index in [2.05, 4.69) is 78.0 Å². The predicted molar refractivity (Wildman–Crippen MR) is 180 cm³/mol. The number of allylic oxidation sites excluding steroid dienone is 4. The number of benzene rings is 4. The summed E-state index contributed by atoms with van der Waals surface area (Å²) in [5.41, 5.74) is 5.54. The number of rotatable bonds is 4. The van der Waals surface area contributed by atoms with E-state index in [9.17, 15) is 26.3 Å². The zero-order chi connectivity index (χ0) is 34.8. The van der Waals surface area contributed by atoms with Crippen LogP contribution in [0.2, 0.25) is 0 Å². The van der Waals surface area contributed by atoms with Gasteiger partial charge in [-0.3, -0.25) is 0 Å². The van der Waals surface area contributed by atoms with Gasteiger partial charge in [0.05, 0.1) is 0 Å². The molecule has 6 rings (SSSR count). The summed E-state index contributed by atoms with van der Waals surface area (Å²) in [4.78, 5) is 0. The Hall–Kier alpha value is -3.31. The second-order valence-corrected chi connectivity index (χ2v) is 20.7. The third kappa shape index (κ3) is 6.64. The molecule has 4 aromatic rings. The molecule has 2 aliphatic carbocycles. The molecule has 7 heteroatoms. The molecule has 0 radical (unpaired) electrons. The van der Waals surface area contributed by atoms with Gasteiger partial charge >= 0.3 is 288 Å². The minimum absolute atomic E-state index is 0.0571. The number of hydrogen-bond donors (Lipinski definition) is 0. The van der Waals surface area contributed by atoms with Gasteiger partial charge in [-0.25, -0.2) is 0 Å². The van der Waals surface area contributed by atoms with Crippen LogP contribution in [0.4, 0.5) is 26.3 Å². The number of fused-ring (bicyclic) bond motifs is 3. The first-order chi connectivity index (χ1) is 22.3. The van der Waals surface area contributed by atoms with Gasteiger partial charge in [-0.15, -0.1) is 0 Å². The van der Waals surface area contributed by atoms with Crippen LogP contribution < -0.4 is 3.27 Å². The van der Waals surface area contributed by atoms with Gasteiger partial charge < -0.3 is 0 Å². The van der Waals surface area contributed by atoms with E-state index in [1.165, 1.54) is 23.3 Å². The van der Waals surface area contributed by atoms with Crippen molar-refractivity contribution in [2.45, 2.75) is 77.6 Å². The van der Waals surface area contributed by atoms with E-state index >= 15 is 0 Å². The fourth-order valence-corrected chi connectivity index (χ4v) is 15.8. The Morgan fingerprint density at radius 2 is 1.21 bits per heavy atom. The Kier molecular flexibility index (Phi) is 8.80. The molecule has 0 spiro atoms. The molecule has 0 heterocycles. The molecule has 0 amide bonds. The van der Waals surface area contributed by atoms with Gasteiger partial charge in [0.15, 0.2) is 0 Å². The Morgan fingerprint density at radius 1 is 0.625 bits per heavy atom. The molecule has 2 aliphatic rings. The molecule has 0 fully saturated rings. The third-order valence-electron chi connectivity index (χ3n) is 9.30. The SMILES string of the molecule is CC(C)(C)c1ccc2c(c1)Cc1c-2ccc(C(C)(C)C)[c]1[Zr]([C]1=CC=CC1)=[C](c1cccc(C(F)(F)F)c1)c1cccc(C(F)(F)F)c1. The normalized spacial score (nSPS) is 14.5. The van der Waals surface area contributed by atoms with Crippen LogP contribution in [0.3, 0.4) is 0 Å². The number of hydrogen-bond acceptors (Lipinski definition) is 0. The molecule has 0 saturated heterocycles. The first-order valence-electron chi connectivity index (χ1n) is 16.1. The van der Waals surface area contributed by atoms with E-state index in [1.807, 2.05) is 12.2 Å². The summed E-state index contributed by atoms with van der Waals surface area (Å²) in [6.07, 6.45) is -1.87. The van der Waals surface area contributed by atoms with Gasteiger partial charge in [0.1, 0.15) is 0 Å². The summed E-state index contributed by atoms with van der Waals surface area (Å²) in [7, 11) is 0.